The Bertz CT molecular complexity index is 479. The zero-order valence-electron chi connectivity index (χ0n) is 13.9. The number of hydrogen-bond donors (Lipinski definition) is 2. The third-order valence-corrected chi connectivity index (χ3v) is 5.22. The Kier molecular flexibility index (Phi) is 5.92. The van der Waals surface area contributed by atoms with E-state index >= 15 is 0 Å². The van der Waals surface area contributed by atoms with Gasteiger partial charge in [-0.1, -0.05) is 12.1 Å². The standard InChI is InChI=1S/C19H29NO3/c21-15-19(8-10-22-11-9-19)14-20-13-16-4-3-7-18(12-16)23-17-5-1-2-6-17/h3-4,7,12,17,20-21H,1-2,5-6,8-11,13-15H2. The topological polar surface area (TPSA) is 50.7 Å². The predicted molar refractivity (Wildman–Crippen MR) is 90.6 cm³/mol. The summed E-state index contributed by atoms with van der Waals surface area (Å²) in [5.74, 6) is 0.985. The molecule has 23 heavy (non-hydrogen) atoms. The lowest BCUT2D eigenvalue weighted by molar-refractivity contribution is -0.0154. The third-order valence-electron chi connectivity index (χ3n) is 5.22. The fourth-order valence-electron chi connectivity index (χ4n) is 3.59. The number of ether oxygens (including phenoxy) is 2. The van der Waals surface area contributed by atoms with E-state index in [1.54, 1.807) is 0 Å². The lowest BCUT2D eigenvalue weighted by atomic mass is 9.81. The van der Waals surface area contributed by atoms with Crippen LogP contribution < -0.4 is 10.1 Å². The Hall–Kier alpha value is -1.10. The van der Waals surface area contributed by atoms with Crippen molar-refractivity contribution < 1.29 is 14.6 Å². The van der Waals surface area contributed by atoms with Crippen molar-refractivity contribution in [2.24, 2.45) is 5.41 Å². The van der Waals surface area contributed by atoms with E-state index < -0.39 is 0 Å². The minimum atomic E-state index is -0.0177. The molecule has 1 aromatic carbocycles. The summed E-state index contributed by atoms with van der Waals surface area (Å²) in [5.41, 5.74) is 1.22. The highest BCUT2D eigenvalue weighted by molar-refractivity contribution is 5.28. The molecule has 0 unspecified atom stereocenters. The molecule has 0 atom stereocenters. The zero-order chi connectivity index (χ0) is 16.0. The molecule has 2 fully saturated rings. The highest BCUT2D eigenvalue weighted by Crippen LogP contribution is 2.29. The van der Waals surface area contributed by atoms with Crippen LogP contribution in [0.1, 0.15) is 44.1 Å². The smallest absolute Gasteiger partial charge is 0.120 e. The third kappa shape index (κ3) is 4.69. The van der Waals surface area contributed by atoms with Crippen molar-refractivity contribution >= 4 is 0 Å². The van der Waals surface area contributed by atoms with Crippen molar-refractivity contribution in [2.75, 3.05) is 26.4 Å². The number of rotatable bonds is 7. The Morgan fingerprint density at radius 2 is 2.00 bits per heavy atom. The molecule has 128 valence electrons. The monoisotopic (exact) mass is 319 g/mol. The van der Waals surface area contributed by atoms with Crippen molar-refractivity contribution in [3.63, 3.8) is 0 Å². The molecule has 1 aliphatic heterocycles. The van der Waals surface area contributed by atoms with Crippen molar-refractivity contribution in [1.29, 1.82) is 0 Å². The van der Waals surface area contributed by atoms with Gasteiger partial charge in [0.15, 0.2) is 0 Å². The molecule has 0 radical (unpaired) electrons. The van der Waals surface area contributed by atoms with Crippen LogP contribution in [-0.4, -0.2) is 37.6 Å². The van der Waals surface area contributed by atoms with Gasteiger partial charge in [0.1, 0.15) is 5.75 Å². The minimum absolute atomic E-state index is 0.0177. The molecule has 0 bridgehead atoms. The second-order valence-corrected chi connectivity index (χ2v) is 7.05. The van der Waals surface area contributed by atoms with Crippen molar-refractivity contribution in [2.45, 2.75) is 51.2 Å². The van der Waals surface area contributed by atoms with E-state index in [-0.39, 0.29) is 12.0 Å². The van der Waals surface area contributed by atoms with Crippen LogP contribution in [0.4, 0.5) is 0 Å². The highest BCUT2D eigenvalue weighted by Gasteiger charge is 2.31. The number of aliphatic hydroxyl groups is 1. The van der Waals surface area contributed by atoms with Crippen LogP contribution in [0.25, 0.3) is 0 Å². The van der Waals surface area contributed by atoms with Crippen LogP contribution >= 0.6 is 0 Å². The van der Waals surface area contributed by atoms with Gasteiger partial charge in [-0.3, -0.25) is 0 Å². The number of aliphatic hydroxyl groups excluding tert-OH is 1. The summed E-state index contributed by atoms with van der Waals surface area (Å²) in [6, 6.07) is 8.39. The maximum Gasteiger partial charge on any atom is 0.120 e. The molecule has 1 saturated carbocycles. The molecule has 4 heteroatoms. The van der Waals surface area contributed by atoms with E-state index in [9.17, 15) is 5.11 Å². The van der Waals surface area contributed by atoms with Crippen molar-refractivity contribution in [1.82, 2.24) is 5.32 Å². The van der Waals surface area contributed by atoms with Crippen LogP contribution in [0.3, 0.4) is 0 Å². The Labute approximate surface area is 139 Å². The zero-order valence-corrected chi connectivity index (χ0v) is 13.9. The van der Waals surface area contributed by atoms with Gasteiger partial charge < -0.3 is 19.9 Å². The first kappa shape index (κ1) is 16.7. The minimum Gasteiger partial charge on any atom is -0.490 e. The van der Waals surface area contributed by atoms with E-state index in [4.69, 9.17) is 9.47 Å². The van der Waals surface area contributed by atoms with E-state index in [2.05, 4.69) is 29.6 Å². The second kappa shape index (κ2) is 8.13. The summed E-state index contributed by atoms with van der Waals surface area (Å²) in [6.07, 6.45) is 7.21. The summed E-state index contributed by atoms with van der Waals surface area (Å²) in [7, 11) is 0. The summed E-state index contributed by atoms with van der Waals surface area (Å²) in [6.45, 7) is 3.39. The van der Waals surface area contributed by atoms with Crippen LogP contribution in [0.15, 0.2) is 24.3 Å². The summed E-state index contributed by atoms with van der Waals surface area (Å²) in [5, 5.41) is 13.2. The van der Waals surface area contributed by atoms with Gasteiger partial charge in [0, 0.05) is 31.7 Å². The first-order valence-electron chi connectivity index (χ1n) is 8.95. The molecule has 0 amide bonds. The molecule has 3 rings (SSSR count). The molecule has 1 aliphatic carbocycles. The molecule has 4 nitrogen and oxygen atoms in total. The average molecular weight is 319 g/mol. The summed E-state index contributed by atoms with van der Waals surface area (Å²) < 4.78 is 11.5. The molecular formula is C19H29NO3. The molecule has 2 N–H and O–H groups in total. The van der Waals surface area contributed by atoms with E-state index in [0.29, 0.717) is 6.10 Å². The Morgan fingerprint density at radius 3 is 2.74 bits per heavy atom. The lowest BCUT2D eigenvalue weighted by Crippen LogP contribution is -2.41. The number of hydrogen-bond acceptors (Lipinski definition) is 4. The Balaban J connectivity index is 1.49. The number of benzene rings is 1. The van der Waals surface area contributed by atoms with Crippen LogP contribution in [0, 0.1) is 5.41 Å². The van der Waals surface area contributed by atoms with E-state index in [0.717, 1.165) is 44.9 Å². The fraction of sp³-hybridized carbons (Fsp3) is 0.684. The lowest BCUT2D eigenvalue weighted by Gasteiger charge is -2.35. The molecule has 1 heterocycles. The highest BCUT2D eigenvalue weighted by atomic mass is 16.5. The van der Waals surface area contributed by atoms with Gasteiger partial charge in [0.05, 0.1) is 12.7 Å². The van der Waals surface area contributed by atoms with Gasteiger partial charge in [0.2, 0.25) is 0 Å². The fourth-order valence-corrected chi connectivity index (χ4v) is 3.59. The van der Waals surface area contributed by atoms with E-state index in [1.165, 1.54) is 31.2 Å². The molecule has 2 aliphatic rings. The van der Waals surface area contributed by atoms with Crippen molar-refractivity contribution in [3.05, 3.63) is 29.8 Å². The average Bonchev–Trinajstić information content (AvgIpc) is 3.09. The van der Waals surface area contributed by atoms with Crippen LogP contribution in [0.2, 0.25) is 0 Å². The predicted octanol–water partition coefficient (Wildman–Crippen LogP) is 2.89. The molecule has 0 spiro atoms. The maximum absolute atomic E-state index is 9.73. The molecule has 0 aromatic heterocycles. The number of nitrogens with one attached hydrogen (secondary N) is 1. The van der Waals surface area contributed by atoms with Gasteiger partial charge in [-0.2, -0.15) is 0 Å². The first-order valence-corrected chi connectivity index (χ1v) is 8.95. The van der Waals surface area contributed by atoms with Gasteiger partial charge in [0.25, 0.3) is 0 Å². The van der Waals surface area contributed by atoms with Gasteiger partial charge >= 0.3 is 0 Å². The van der Waals surface area contributed by atoms with Gasteiger partial charge in [-0.25, -0.2) is 0 Å². The first-order chi connectivity index (χ1) is 11.3. The van der Waals surface area contributed by atoms with Gasteiger partial charge in [-0.05, 0) is 56.2 Å². The molecular weight excluding hydrogens is 290 g/mol. The summed E-state index contributed by atoms with van der Waals surface area (Å²) in [4.78, 5) is 0. The largest absolute Gasteiger partial charge is 0.490 e. The molecule has 1 aromatic rings. The summed E-state index contributed by atoms with van der Waals surface area (Å²) >= 11 is 0. The quantitative estimate of drug-likeness (QED) is 0.811. The van der Waals surface area contributed by atoms with Gasteiger partial charge in [-0.15, -0.1) is 0 Å². The van der Waals surface area contributed by atoms with E-state index in [1.807, 2.05) is 0 Å². The normalized spacial score (nSPS) is 21.4. The molecule has 1 saturated heterocycles. The van der Waals surface area contributed by atoms with Crippen LogP contribution in [0.5, 0.6) is 5.75 Å². The SMILES string of the molecule is OCC1(CNCc2cccc(OC3CCCC3)c2)CCOCC1. The Morgan fingerprint density at radius 1 is 1.22 bits per heavy atom. The maximum atomic E-state index is 9.73. The van der Waals surface area contributed by atoms with Crippen molar-refractivity contribution in [3.8, 4) is 5.75 Å². The van der Waals surface area contributed by atoms with Crippen LogP contribution in [-0.2, 0) is 11.3 Å². The second-order valence-electron chi connectivity index (χ2n) is 7.05.